The molecule has 0 fully saturated rings. The van der Waals surface area contributed by atoms with E-state index in [1.54, 1.807) is 0 Å². The molecule has 0 bridgehead atoms. The van der Waals surface area contributed by atoms with Crippen LogP contribution in [0.4, 0.5) is 10.1 Å². The van der Waals surface area contributed by atoms with Gasteiger partial charge in [-0.1, -0.05) is 13.8 Å². The highest BCUT2D eigenvalue weighted by Gasteiger charge is 2.29. The lowest BCUT2D eigenvalue weighted by Crippen LogP contribution is -2.50. The van der Waals surface area contributed by atoms with Crippen molar-refractivity contribution in [3.05, 3.63) is 30.1 Å². The lowest BCUT2D eigenvalue weighted by atomic mass is 10.1. The molecule has 0 heterocycles. The molecule has 2 atom stereocenters. The Labute approximate surface area is 131 Å². The molecule has 0 aliphatic heterocycles. The molecular formula is C15H23FN2O3S. The second-order valence-corrected chi connectivity index (χ2v) is 7.61. The molecule has 0 unspecified atom stereocenters. The molecule has 124 valence electrons. The minimum absolute atomic E-state index is 0.0791. The Bertz CT molecular complexity index is 614. The molecule has 0 aromatic heterocycles. The smallest absolute Gasteiger partial charge is 0.243 e. The molecule has 1 aromatic carbocycles. The predicted octanol–water partition coefficient (Wildman–Crippen LogP) is 2.14. The van der Waals surface area contributed by atoms with E-state index in [1.165, 1.54) is 19.1 Å². The summed E-state index contributed by atoms with van der Waals surface area (Å²) in [4.78, 5) is 12.3. The van der Waals surface area contributed by atoms with Crippen LogP contribution in [0, 0.1) is 11.7 Å². The van der Waals surface area contributed by atoms with Crippen molar-refractivity contribution < 1.29 is 17.6 Å². The number of hydrogen-bond donors (Lipinski definition) is 1. The van der Waals surface area contributed by atoms with E-state index in [1.807, 2.05) is 20.8 Å². The second-order valence-electron chi connectivity index (χ2n) is 5.75. The van der Waals surface area contributed by atoms with Gasteiger partial charge in [-0.2, -0.15) is 0 Å². The minimum Gasteiger partial charge on any atom is -0.352 e. The van der Waals surface area contributed by atoms with Crippen LogP contribution in [-0.2, 0) is 14.8 Å². The van der Waals surface area contributed by atoms with E-state index in [0.29, 0.717) is 0 Å². The van der Waals surface area contributed by atoms with E-state index in [2.05, 4.69) is 5.32 Å². The summed E-state index contributed by atoms with van der Waals surface area (Å²) in [6.07, 6.45) is 1.02. The first kappa shape index (κ1) is 18.4. The molecule has 1 aromatic rings. The third-order valence-corrected chi connectivity index (χ3v) is 4.78. The molecule has 1 amide bonds. The van der Waals surface area contributed by atoms with Gasteiger partial charge in [0.05, 0.1) is 11.9 Å². The van der Waals surface area contributed by atoms with Gasteiger partial charge < -0.3 is 5.32 Å². The summed E-state index contributed by atoms with van der Waals surface area (Å²) in [5, 5.41) is 2.79. The number of sulfonamides is 1. The van der Waals surface area contributed by atoms with Crippen LogP contribution in [0.15, 0.2) is 24.3 Å². The highest BCUT2D eigenvalue weighted by molar-refractivity contribution is 7.92. The van der Waals surface area contributed by atoms with E-state index >= 15 is 0 Å². The molecule has 22 heavy (non-hydrogen) atoms. The molecule has 0 aliphatic rings. The maximum Gasteiger partial charge on any atom is 0.243 e. The number of benzene rings is 1. The topological polar surface area (TPSA) is 66.5 Å². The number of anilines is 1. The molecule has 1 N–H and O–H groups in total. The standard InChI is InChI=1S/C15H23FN2O3S/c1-10(2)11(3)17-15(19)12(4)18(22(5,20)21)14-8-6-13(16)7-9-14/h6-12H,1-5H3,(H,17,19)/t11-,12+/m1/s1. The van der Waals surface area contributed by atoms with Crippen molar-refractivity contribution >= 4 is 21.6 Å². The highest BCUT2D eigenvalue weighted by atomic mass is 32.2. The van der Waals surface area contributed by atoms with Crippen LogP contribution >= 0.6 is 0 Å². The van der Waals surface area contributed by atoms with Gasteiger partial charge in [0.2, 0.25) is 15.9 Å². The molecule has 7 heteroatoms. The summed E-state index contributed by atoms with van der Waals surface area (Å²) >= 11 is 0. The molecule has 0 saturated carbocycles. The van der Waals surface area contributed by atoms with Crippen LogP contribution in [-0.4, -0.2) is 32.7 Å². The Hall–Kier alpha value is -1.63. The van der Waals surface area contributed by atoms with Gasteiger partial charge in [0, 0.05) is 6.04 Å². The fourth-order valence-corrected chi connectivity index (χ4v) is 3.08. The highest BCUT2D eigenvalue weighted by Crippen LogP contribution is 2.21. The van der Waals surface area contributed by atoms with Crippen molar-refractivity contribution in [2.45, 2.75) is 39.8 Å². The zero-order chi connectivity index (χ0) is 17.1. The van der Waals surface area contributed by atoms with Crippen molar-refractivity contribution in [2.75, 3.05) is 10.6 Å². The van der Waals surface area contributed by atoms with Crippen molar-refractivity contribution in [2.24, 2.45) is 5.92 Å². The Kier molecular flexibility index (Phi) is 5.93. The minimum atomic E-state index is -3.68. The summed E-state index contributed by atoms with van der Waals surface area (Å²) < 4.78 is 38.1. The number of amides is 1. The van der Waals surface area contributed by atoms with E-state index < -0.39 is 27.8 Å². The number of nitrogens with one attached hydrogen (secondary N) is 1. The third-order valence-electron chi connectivity index (χ3n) is 3.54. The largest absolute Gasteiger partial charge is 0.352 e. The molecule has 1 rings (SSSR count). The summed E-state index contributed by atoms with van der Waals surface area (Å²) in [6.45, 7) is 7.29. The van der Waals surface area contributed by atoms with Crippen LogP contribution in [0.2, 0.25) is 0 Å². The van der Waals surface area contributed by atoms with Gasteiger partial charge in [-0.25, -0.2) is 12.8 Å². The first-order valence-electron chi connectivity index (χ1n) is 7.09. The fraction of sp³-hybridized carbons (Fsp3) is 0.533. The van der Waals surface area contributed by atoms with Crippen molar-refractivity contribution in [1.29, 1.82) is 0 Å². The van der Waals surface area contributed by atoms with Crippen molar-refractivity contribution in [3.8, 4) is 0 Å². The molecule has 5 nitrogen and oxygen atoms in total. The number of halogens is 1. The van der Waals surface area contributed by atoms with Gasteiger partial charge in [-0.05, 0) is 44.0 Å². The zero-order valence-corrected chi connectivity index (χ0v) is 14.3. The number of rotatable bonds is 6. The first-order valence-corrected chi connectivity index (χ1v) is 8.94. The van der Waals surface area contributed by atoms with Crippen LogP contribution in [0.5, 0.6) is 0 Å². The van der Waals surface area contributed by atoms with Gasteiger partial charge in [0.25, 0.3) is 0 Å². The Morgan fingerprint density at radius 1 is 1.14 bits per heavy atom. The maximum absolute atomic E-state index is 13.0. The van der Waals surface area contributed by atoms with Crippen molar-refractivity contribution in [3.63, 3.8) is 0 Å². The zero-order valence-electron chi connectivity index (χ0n) is 13.5. The Balaban J connectivity index is 3.08. The number of nitrogens with zero attached hydrogens (tertiary/aromatic N) is 1. The molecular weight excluding hydrogens is 307 g/mol. The van der Waals surface area contributed by atoms with Crippen LogP contribution < -0.4 is 9.62 Å². The van der Waals surface area contributed by atoms with Crippen LogP contribution in [0.25, 0.3) is 0 Å². The van der Waals surface area contributed by atoms with E-state index in [4.69, 9.17) is 0 Å². The number of carbonyl (C=O) groups is 1. The Morgan fingerprint density at radius 3 is 2.05 bits per heavy atom. The summed E-state index contributed by atoms with van der Waals surface area (Å²) in [7, 11) is -3.68. The van der Waals surface area contributed by atoms with Crippen molar-refractivity contribution in [1.82, 2.24) is 5.32 Å². The maximum atomic E-state index is 13.0. The Morgan fingerprint density at radius 2 is 1.64 bits per heavy atom. The molecule has 0 saturated heterocycles. The van der Waals surface area contributed by atoms with Gasteiger partial charge in [0.15, 0.2) is 0 Å². The molecule has 0 spiro atoms. The molecule has 0 aliphatic carbocycles. The molecule has 0 radical (unpaired) electrons. The average Bonchev–Trinajstić information content (AvgIpc) is 2.39. The quantitative estimate of drug-likeness (QED) is 0.869. The second kappa shape index (κ2) is 7.09. The first-order chi connectivity index (χ1) is 10.0. The predicted molar refractivity (Wildman–Crippen MR) is 85.6 cm³/mol. The van der Waals surface area contributed by atoms with Gasteiger partial charge in [-0.15, -0.1) is 0 Å². The van der Waals surface area contributed by atoms with Crippen LogP contribution in [0.3, 0.4) is 0 Å². The average molecular weight is 330 g/mol. The fourth-order valence-electron chi connectivity index (χ4n) is 1.91. The lowest BCUT2D eigenvalue weighted by Gasteiger charge is -2.29. The number of hydrogen-bond acceptors (Lipinski definition) is 3. The monoisotopic (exact) mass is 330 g/mol. The number of carbonyl (C=O) groups excluding carboxylic acids is 1. The SMILES string of the molecule is CC(C)[C@@H](C)NC(=O)[C@H](C)N(c1ccc(F)cc1)S(C)(=O)=O. The third kappa shape index (κ3) is 4.69. The lowest BCUT2D eigenvalue weighted by molar-refractivity contribution is -0.122. The summed E-state index contributed by atoms with van der Waals surface area (Å²) in [6, 6.07) is 3.99. The summed E-state index contributed by atoms with van der Waals surface area (Å²) in [5.74, 6) is -0.632. The van der Waals surface area contributed by atoms with E-state index in [-0.39, 0.29) is 17.6 Å². The van der Waals surface area contributed by atoms with E-state index in [9.17, 15) is 17.6 Å². The normalized spacial score (nSPS) is 14.5. The van der Waals surface area contributed by atoms with Gasteiger partial charge >= 0.3 is 0 Å². The van der Waals surface area contributed by atoms with Gasteiger partial charge in [-0.3, -0.25) is 9.10 Å². The van der Waals surface area contributed by atoms with E-state index in [0.717, 1.165) is 22.7 Å². The van der Waals surface area contributed by atoms with Crippen LogP contribution in [0.1, 0.15) is 27.7 Å². The summed E-state index contributed by atoms with van der Waals surface area (Å²) in [5.41, 5.74) is 0.253. The van der Waals surface area contributed by atoms with Gasteiger partial charge in [0.1, 0.15) is 11.9 Å².